The molecule has 0 saturated heterocycles. The molecule has 0 bridgehead atoms. The third-order valence-electron chi connectivity index (χ3n) is 5.60. The van der Waals surface area contributed by atoms with Gasteiger partial charge in [-0.3, -0.25) is 10.5 Å². The van der Waals surface area contributed by atoms with E-state index in [1.54, 1.807) is 12.4 Å². The molecule has 0 N–H and O–H groups in total. The first-order valence-electron chi connectivity index (χ1n) is 11.2. The van der Waals surface area contributed by atoms with Crippen molar-refractivity contribution in [2.75, 3.05) is 0 Å². The van der Waals surface area contributed by atoms with Crippen LogP contribution in [0.2, 0.25) is 0 Å². The molecule has 7 heteroatoms. The molecule has 0 spiro atoms. The van der Waals surface area contributed by atoms with E-state index in [9.17, 15) is 0 Å². The Hall–Kier alpha value is -3.02. The van der Waals surface area contributed by atoms with Crippen molar-refractivity contribution in [3.8, 4) is 39.7 Å². The fraction of sp³-hybridized carbons (Fsp3) is 0.0333. The minimum atomic E-state index is 0. The van der Waals surface area contributed by atoms with Crippen molar-refractivity contribution in [3.05, 3.63) is 121 Å². The first-order chi connectivity index (χ1) is 17.4. The molecule has 3 aromatic heterocycles. The molecule has 2 radical (unpaired) electrons. The van der Waals surface area contributed by atoms with Crippen LogP contribution in [0.1, 0.15) is 5.56 Å². The minimum absolute atomic E-state index is 0. The monoisotopic (exact) mass is 732 g/mol. The summed E-state index contributed by atoms with van der Waals surface area (Å²) in [4.78, 5) is 17.5. The van der Waals surface area contributed by atoms with Gasteiger partial charge in [-0.1, -0.05) is 42.1 Å². The third-order valence-corrected chi connectivity index (χ3v) is 5.60. The van der Waals surface area contributed by atoms with Crippen LogP contribution in [0.3, 0.4) is 0 Å². The summed E-state index contributed by atoms with van der Waals surface area (Å²) in [6.07, 6.45) is 3.44. The van der Waals surface area contributed by atoms with E-state index in [2.05, 4.69) is 38.1 Å². The molecule has 3 aromatic carbocycles. The molecule has 7 rings (SSSR count). The summed E-state index contributed by atoms with van der Waals surface area (Å²) in [5.74, 6) is 1.46. The minimum Gasteiger partial charge on any atom is -0.572 e. The van der Waals surface area contributed by atoms with E-state index in [0.717, 1.165) is 50.4 Å². The van der Waals surface area contributed by atoms with Crippen LogP contribution < -0.4 is 9.72 Å². The van der Waals surface area contributed by atoms with E-state index in [-0.39, 0.29) is 52.8 Å². The van der Waals surface area contributed by atoms with Crippen LogP contribution in [-0.2, 0) is 59.4 Å². The van der Waals surface area contributed by atoms with Crippen LogP contribution in [0, 0.1) is 18.2 Å². The number of rotatable bonds is 2. The molecule has 4 heterocycles. The van der Waals surface area contributed by atoms with Crippen LogP contribution in [0.4, 0.5) is 0 Å². The van der Waals surface area contributed by atoms with Gasteiger partial charge in [-0.05, 0) is 40.4 Å². The van der Waals surface area contributed by atoms with E-state index in [1.807, 2.05) is 84.9 Å². The average molecular weight is 732 g/mol. The molecular formula is C30H18IrN4OY-4. The number of hydrogen-bond acceptors (Lipinski definition) is 4. The molecular weight excluding hydrogens is 713 g/mol. The molecule has 5 nitrogen and oxygen atoms in total. The van der Waals surface area contributed by atoms with Crippen molar-refractivity contribution >= 4 is 11.0 Å². The summed E-state index contributed by atoms with van der Waals surface area (Å²) >= 11 is 0. The number of pyridine rings is 2. The second-order valence-electron chi connectivity index (χ2n) is 7.84. The molecule has 6 aromatic rings. The Morgan fingerprint density at radius 2 is 1.62 bits per heavy atom. The van der Waals surface area contributed by atoms with Gasteiger partial charge in [-0.2, -0.15) is 12.1 Å². The standard InChI is InChI=1S/C18H10NO.C12H8N3.Ir.Y/c1-2-6-13(7-3-1)16-10-11-19-17-15-9-5-4-8-14(15)12-20-18(16)17;1-2-6-10-9(5-1)14-12(15-10)11-7-3-4-8-13-11;;/h1-6,8,11H,12H2;1-8H;;/q-3;-1;;. The second kappa shape index (κ2) is 12.5. The summed E-state index contributed by atoms with van der Waals surface area (Å²) in [7, 11) is 0. The van der Waals surface area contributed by atoms with Gasteiger partial charge in [0.25, 0.3) is 0 Å². The van der Waals surface area contributed by atoms with Crippen LogP contribution in [0.25, 0.3) is 44.9 Å². The number of para-hydroxylation sites is 2. The van der Waals surface area contributed by atoms with Gasteiger partial charge in [0, 0.05) is 59.0 Å². The number of hydrogen-bond donors (Lipinski definition) is 0. The van der Waals surface area contributed by atoms with Crippen molar-refractivity contribution in [1.82, 2.24) is 19.9 Å². The molecule has 0 aliphatic carbocycles. The summed E-state index contributed by atoms with van der Waals surface area (Å²) in [5.41, 5.74) is 7.47. The zero-order valence-electron chi connectivity index (χ0n) is 19.6. The molecule has 0 unspecified atom stereocenters. The Morgan fingerprint density at radius 3 is 2.43 bits per heavy atom. The van der Waals surface area contributed by atoms with E-state index < -0.39 is 0 Å². The van der Waals surface area contributed by atoms with Crippen LogP contribution >= 0.6 is 0 Å². The zero-order valence-corrected chi connectivity index (χ0v) is 24.8. The topological polar surface area (TPSA) is 62.0 Å². The quantitative estimate of drug-likeness (QED) is 0.206. The first-order valence-corrected chi connectivity index (χ1v) is 11.2. The molecule has 0 fully saturated rings. The fourth-order valence-corrected chi connectivity index (χ4v) is 3.95. The second-order valence-corrected chi connectivity index (χ2v) is 7.84. The normalized spacial score (nSPS) is 10.9. The van der Waals surface area contributed by atoms with Crippen molar-refractivity contribution in [2.45, 2.75) is 6.61 Å². The maximum atomic E-state index is 5.90. The number of nitrogens with zero attached hydrogens (tertiary/aromatic N) is 4. The van der Waals surface area contributed by atoms with Crippen LogP contribution in [0.15, 0.2) is 97.3 Å². The number of ether oxygens (including phenoxy) is 1. The molecule has 0 atom stereocenters. The van der Waals surface area contributed by atoms with E-state index in [4.69, 9.17) is 4.74 Å². The Kier molecular flexibility index (Phi) is 9.12. The summed E-state index contributed by atoms with van der Waals surface area (Å²) < 4.78 is 5.90. The number of fused-ring (bicyclic) bond motifs is 4. The average Bonchev–Trinajstić information content (AvgIpc) is 3.39. The molecule has 37 heavy (non-hydrogen) atoms. The van der Waals surface area contributed by atoms with E-state index >= 15 is 0 Å². The van der Waals surface area contributed by atoms with Gasteiger partial charge in [0.1, 0.15) is 0 Å². The van der Waals surface area contributed by atoms with Gasteiger partial charge in [-0.15, -0.1) is 35.9 Å². The summed E-state index contributed by atoms with van der Waals surface area (Å²) in [5, 5.41) is 0. The molecule has 180 valence electrons. The van der Waals surface area contributed by atoms with Gasteiger partial charge in [0.15, 0.2) is 0 Å². The summed E-state index contributed by atoms with van der Waals surface area (Å²) in [6.45, 7) is 0.541. The molecule has 1 aliphatic rings. The maximum Gasteiger partial charge on any atom is 0.0620 e. The molecule has 0 amide bonds. The van der Waals surface area contributed by atoms with Crippen LogP contribution in [0.5, 0.6) is 5.75 Å². The number of imidazole rings is 1. The predicted octanol–water partition coefficient (Wildman–Crippen LogP) is 5.96. The molecule has 1 aliphatic heterocycles. The Bertz CT molecular complexity index is 1560. The Labute approximate surface area is 254 Å². The van der Waals surface area contributed by atoms with E-state index in [0.29, 0.717) is 12.4 Å². The van der Waals surface area contributed by atoms with Gasteiger partial charge >= 0.3 is 0 Å². The van der Waals surface area contributed by atoms with Crippen molar-refractivity contribution in [2.24, 2.45) is 0 Å². The fourth-order valence-electron chi connectivity index (χ4n) is 3.95. The number of benzene rings is 3. The Morgan fingerprint density at radius 1 is 0.784 bits per heavy atom. The SMILES string of the molecule is [Ir].[Y].[c-]1ccccc1-c1[c-]cnc2c1OCc1ccc[c-]c1-2.c1ccc(-c2nc3ccccc3[n-]2)nc1. The Balaban J connectivity index is 0.000000170. The van der Waals surface area contributed by atoms with Crippen molar-refractivity contribution in [1.29, 1.82) is 0 Å². The van der Waals surface area contributed by atoms with Crippen molar-refractivity contribution < 1.29 is 57.6 Å². The largest absolute Gasteiger partial charge is 0.572 e. The zero-order chi connectivity index (χ0) is 23.5. The predicted molar refractivity (Wildman–Crippen MR) is 134 cm³/mol. The smallest absolute Gasteiger partial charge is 0.0620 e. The van der Waals surface area contributed by atoms with Gasteiger partial charge in [0.2, 0.25) is 0 Å². The van der Waals surface area contributed by atoms with Gasteiger partial charge in [-0.25, -0.2) is 23.8 Å². The van der Waals surface area contributed by atoms with Gasteiger partial charge < -0.3 is 19.7 Å². The van der Waals surface area contributed by atoms with E-state index in [1.165, 1.54) is 0 Å². The first kappa shape index (κ1) is 27.0. The molecule has 0 saturated carbocycles. The van der Waals surface area contributed by atoms with Crippen LogP contribution in [-0.4, -0.2) is 15.0 Å². The maximum absolute atomic E-state index is 5.90. The van der Waals surface area contributed by atoms with Crippen molar-refractivity contribution in [3.63, 3.8) is 0 Å². The third kappa shape index (κ3) is 5.78. The summed E-state index contributed by atoms with van der Waals surface area (Å²) in [6, 6.07) is 36.9. The number of aromatic nitrogens is 4. The van der Waals surface area contributed by atoms with Gasteiger partial charge in [0.05, 0.1) is 12.3 Å².